The van der Waals surface area contributed by atoms with Gasteiger partial charge in [-0.2, -0.15) is 0 Å². The van der Waals surface area contributed by atoms with Crippen LogP contribution in [0.15, 0.2) is 49.6 Å². The molecule has 2 amide bonds. The molecule has 250 valence electrons. The Balaban J connectivity index is 2.00. The number of amides is 2. The summed E-state index contributed by atoms with van der Waals surface area (Å²) in [6.45, 7) is 18.5. The smallest absolute Gasteiger partial charge is 0.407 e. The van der Waals surface area contributed by atoms with Gasteiger partial charge >= 0.3 is 18.0 Å². The summed E-state index contributed by atoms with van der Waals surface area (Å²) in [5.74, 6) is -1.11. The van der Waals surface area contributed by atoms with Gasteiger partial charge in [0, 0.05) is 18.9 Å². The molecule has 0 saturated carbocycles. The number of carbonyl (C=O) groups excluding carboxylic acids is 4. The quantitative estimate of drug-likeness (QED) is 0.167. The lowest BCUT2D eigenvalue weighted by Crippen LogP contribution is -2.57. The maximum absolute atomic E-state index is 14.3. The highest BCUT2D eigenvalue weighted by molar-refractivity contribution is 5.92. The van der Waals surface area contributed by atoms with Gasteiger partial charge in [0.15, 0.2) is 5.60 Å². The highest BCUT2D eigenvalue weighted by Crippen LogP contribution is 2.42. The molecule has 0 bridgehead atoms. The van der Waals surface area contributed by atoms with Crippen LogP contribution in [0, 0.1) is 10.8 Å². The molecule has 46 heavy (non-hydrogen) atoms. The zero-order valence-corrected chi connectivity index (χ0v) is 28.4. The summed E-state index contributed by atoms with van der Waals surface area (Å²) in [6, 6.07) is 7.19. The van der Waals surface area contributed by atoms with Crippen LogP contribution in [0.3, 0.4) is 0 Å². The largest absolute Gasteiger partial charge is 0.496 e. The van der Waals surface area contributed by atoms with Crippen molar-refractivity contribution in [1.29, 1.82) is 0 Å². The molecule has 1 unspecified atom stereocenters. The fourth-order valence-electron chi connectivity index (χ4n) is 5.87. The predicted octanol–water partition coefficient (Wildman–Crippen LogP) is 6.16. The molecule has 0 aliphatic carbocycles. The summed E-state index contributed by atoms with van der Waals surface area (Å²) >= 11 is 0. The first-order valence-electron chi connectivity index (χ1n) is 15.4. The van der Waals surface area contributed by atoms with E-state index in [1.165, 1.54) is 18.9 Å². The third kappa shape index (κ3) is 8.27. The molecule has 0 radical (unpaired) electrons. The lowest BCUT2D eigenvalue weighted by Gasteiger charge is -2.35. The fourth-order valence-corrected chi connectivity index (χ4v) is 5.87. The molecule has 3 rings (SSSR count). The maximum atomic E-state index is 14.3. The lowest BCUT2D eigenvalue weighted by molar-refractivity contribution is -0.158. The summed E-state index contributed by atoms with van der Waals surface area (Å²) < 4.78 is 22.0. The van der Waals surface area contributed by atoms with Gasteiger partial charge in [0.05, 0.1) is 27.4 Å². The number of esters is 2. The SMILES string of the molecule is C=CCC(C)(C)CCOC(=O)NC(C(=O)N1C[C@](OC(C)=O)(c2ccc3cc(OC)c(C=C)cc3c2)C[C@H]1C(=O)OC)C(C)(C)C. The molecule has 3 atom stereocenters. The van der Waals surface area contributed by atoms with Gasteiger partial charge < -0.3 is 29.2 Å². The summed E-state index contributed by atoms with van der Waals surface area (Å²) in [5.41, 5.74) is -0.870. The molecule has 1 saturated heterocycles. The van der Waals surface area contributed by atoms with Gasteiger partial charge in [-0.15, -0.1) is 6.58 Å². The third-order valence-electron chi connectivity index (χ3n) is 8.44. The highest BCUT2D eigenvalue weighted by Gasteiger charge is 2.54. The van der Waals surface area contributed by atoms with Gasteiger partial charge in [0.1, 0.15) is 17.8 Å². The molecular weight excluding hydrogens is 588 g/mol. The minimum atomic E-state index is -1.37. The normalized spacial score (nSPS) is 18.8. The molecular formula is C36H48N2O8. The van der Waals surface area contributed by atoms with Crippen molar-refractivity contribution in [2.24, 2.45) is 10.8 Å². The third-order valence-corrected chi connectivity index (χ3v) is 8.44. The van der Waals surface area contributed by atoms with Crippen LogP contribution in [0.25, 0.3) is 16.8 Å². The average Bonchev–Trinajstić information content (AvgIpc) is 3.37. The molecule has 1 N–H and O–H groups in total. The Morgan fingerprint density at radius 3 is 2.33 bits per heavy atom. The van der Waals surface area contributed by atoms with Gasteiger partial charge in [0.25, 0.3) is 0 Å². The van der Waals surface area contributed by atoms with Crippen molar-refractivity contribution in [1.82, 2.24) is 10.2 Å². The summed E-state index contributed by atoms with van der Waals surface area (Å²) in [5, 5.41) is 4.44. The van der Waals surface area contributed by atoms with Crippen molar-refractivity contribution < 1.29 is 38.1 Å². The van der Waals surface area contributed by atoms with E-state index in [9.17, 15) is 19.2 Å². The minimum Gasteiger partial charge on any atom is -0.496 e. The van der Waals surface area contributed by atoms with Crippen LogP contribution < -0.4 is 10.1 Å². The summed E-state index contributed by atoms with van der Waals surface area (Å²) in [4.78, 5) is 54.3. The number of alkyl carbamates (subject to hydrolysis) is 1. The van der Waals surface area contributed by atoms with Crippen molar-refractivity contribution in [3.05, 3.63) is 60.7 Å². The number of hydrogen-bond acceptors (Lipinski definition) is 8. The number of fused-ring (bicyclic) bond motifs is 1. The standard InChI is InChI=1S/C36H48N2O8/c1-11-15-35(7,8)16-17-45-33(42)37-30(34(4,5)6)31(40)38-22-36(46-23(3)39,21-28(38)32(41)44-10)27-14-13-25-20-29(43-9)24(12-2)18-26(25)19-27/h11-14,18-20,28,30H,1-2,15-17,21-22H2,3-10H3,(H,37,42)/t28-,30?,36-/m0/s1. The number of benzene rings is 2. The van der Waals surface area contributed by atoms with Crippen LogP contribution in [0.4, 0.5) is 4.79 Å². The highest BCUT2D eigenvalue weighted by atomic mass is 16.6. The number of ether oxygens (including phenoxy) is 4. The zero-order chi connectivity index (χ0) is 34.4. The Kier molecular flexibility index (Phi) is 11.3. The van der Waals surface area contributed by atoms with E-state index in [4.69, 9.17) is 18.9 Å². The first-order valence-corrected chi connectivity index (χ1v) is 15.4. The van der Waals surface area contributed by atoms with E-state index in [-0.39, 0.29) is 25.0 Å². The molecule has 10 heteroatoms. The molecule has 1 fully saturated rings. The molecule has 0 aromatic heterocycles. The van der Waals surface area contributed by atoms with Gasteiger partial charge in [0.2, 0.25) is 5.91 Å². The van der Waals surface area contributed by atoms with Crippen LogP contribution in [0.5, 0.6) is 5.75 Å². The van der Waals surface area contributed by atoms with Crippen molar-refractivity contribution >= 4 is 40.8 Å². The van der Waals surface area contributed by atoms with E-state index >= 15 is 0 Å². The van der Waals surface area contributed by atoms with Crippen LogP contribution in [-0.2, 0) is 34.2 Å². The van der Waals surface area contributed by atoms with Crippen LogP contribution in [-0.4, -0.2) is 68.3 Å². The number of rotatable bonds is 12. The number of hydrogen-bond donors (Lipinski definition) is 1. The van der Waals surface area contributed by atoms with Crippen LogP contribution in [0.2, 0.25) is 0 Å². The summed E-state index contributed by atoms with van der Waals surface area (Å²) in [7, 11) is 2.82. The minimum absolute atomic E-state index is 0.0410. The van der Waals surface area contributed by atoms with Gasteiger partial charge in [-0.1, -0.05) is 65.5 Å². The first-order chi connectivity index (χ1) is 21.5. The number of methoxy groups -OCH3 is 2. The Bertz CT molecular complexity index is 1490. The van der Waals surface area contributed by atoms with Crippen molar-refractivity contribution in [2.45, 2.75) is 78.5 Å². The summed E-state index contributed by atoms with van der Waals surface area (Å²) in [6.07, 6.45) is 4.09. The lowest BCUT2D eigenvalue weighted by atomic mass is 9.85. The maximum Gasteiger partial charge on any atom is 0.407 e. The van der Waals surface area contributed by atoms with Crippen LogP contribution >= 0.6 is 0 Å². The molecule has 2 aromatic rings. The molecule has 10 nitrogen and oxygen atoms in total. The van der Waals surface area contributed by atoms with E-state index < -0.39 is 47.0 Å². The second kappa shape index (κ2) is 14.4. The Hall–Kier alpha value is -4.34. The van der Waals surface area contributed by atoms with Crippen LogP contribution in [0.1, 0.15) is 71.9 Å². The molecule has 2 aromatic carbocycles. The topological polar surface area (TPSA) is 120 Å². The Labute approximate surface area is 272 Å². The van der Waals surface area contributed by atoms with Crippen molar-refractivity contribution in [3.8, 4) is 5.75 Å². The van der Waals surface area contributed by atoms with E-state index in [0.29, 0.717) is 17.7 Å². The zero-order valence-electron chi connectivity index (χ0n) is 28.4. The predicted molar refractivity (Wildman–Crippen MR) is 177 cm³/mol. The second-order valence-electron chi connectivity index (χ2n) is 13.6. The van der Waals surface area contributed by atoms with Gasteiger partial charge in [-0.05, 0) is 58.2 Å². The number of allylic oxidation sites excluding steroid dienone is 1. The Morgan fingerprint density at radius 1 is 1.07 bits per heavy atom. The monoisotopic (exact) mass is 636 g/mol. The van der Waals surface area contributed by atoms with Crippen molar-refractivity contribution in [3.63, 3.8) is 0 Å². The van der Waals surface area contributed by atoms with E-state index in [1.807, 2.05) is 36.4 Å². The fraction of sp³-hybridized carbons (Fsp3) is 0.500. The Morgan fingerprint density at radius 2 is 1.76 bits per heavy atom. The molecule has 0 spiro atoms. The van der Waals surface area contributed by atoms with E-state index in [1.54, 1.807) is 34.0 Å². The second-order valence-corrected chi connectivity index (χ2v) is 13.6. The average molecular weight is 637 g/mol. The van der Waals surface area contributed by atoms with Gasteiger partial charge in [-0.25, -0.2) is 9.59 Å². The van der Waals surface area contributed by atoms with Crippen molar-refractivity contribution in [2.75, 3.05) is 27.4 Å². The number of likely N-dealkylation sites (tertiary alicyclic amines) is 1. The molecule has 1 aliphatic heterocycles. The van der Waals surface area contributed by atoms with E-state index in [2.05, 4.69) is 32.3 Å². The van der Waals surface area contributed by atoms with Gasteiger partial charge in [-0.3, -0.25) is 9.59 Å². The molecule has 1 aliphatic rings. The number of nitrogens with zero attached hydrogens (tertiary/aromatic N) is 1. The van der Waals surface area contributed by atoms with E-state index in [0.717, 1.165) is 22.8 Å². The number of nitrogens with one attached hydrogen (secondary N) is 1. The first kappa shape index (κ1) is 36.1. The number of carbonyl (C=O) groups is 4. The molecule has 1 heterocycles.